The standard InChI is InChI=1S/C12H17NO4/c1-12(2,13-11(14)15)8-5-9(16-3)7-10(6-8)17-4/h5-7,13H,1-4H3,(H,14,15). The molecule has 1 rings (SSSR count). The third kappa shape index (κ3) is 3.27. The van der Waals surface area contributed by atoms with Gasteiger partial charge in [-0.15, -0.1) is 0 Å². The van der Waals surface area contributed by atoms with Gasteiger partial charge in [0, 0.05) is 6.07 Å². The average molecular weight is 239 g/mol. The van der Waals surface area contributed by atoms with E-state index in [2.05, 4.69) is 5.32 Å². The molecule has 0 aromatic heterocycles. The van der Waals surface area contributed by atoms with Gasteiger partial charge in [0.25, 0.3) is 0 Å². The van der Waals surface area contributed by atoms with Crippen molar-refractivity contribution in [2.45, 2.75) is 19.4 Å². The van der Waals surface area contributed by atoms with E-state index in [1.807, 2.05) is 0 Å². The summed E-state index contributed by atoms with van der Waals surface area (Å²) < 4.78 is 10.3. The molecule has 17 heavy (non-hydrogen) atoms. The molecule has 0 spiro atoms. The number of carboxylic acid groups (broad SMARTS) is 1. The number of benzene rings is 1. The minimum atomic E-state index is -1.07. The SMILES string of the molecule is COc1cc(OC)cc(C(C)(C)NC(=O)O)c1. The molecule has 94 valence electrons. The van der Waals surface area contributed by atoms with Crippen molar-refractivity contribution >= 4 is 6.09 Å². The molecule has 0 unspecified atom stereocenters. The molecular formula is C12H17NO4. The fourth-order valence-corrected chi connectivity index (χ4v) is 1.51. The van der Waals surface area contributed by atoms with Crippen molar-refractivity contribution in [1.29, 1.82) is 0 Å². The maximum absolute atomic E-state index is 10.7. The van der Waals surface area contributed by atoms with E-state index in [9.17, 15) is 4.79 Å². The molecule has 1 amide bonds. The Morgan fingerprint density at radius 2 is 1.65 bits per heavy atom. The summed E-state index contributed by atoms with van der Waals surface area (Å²) in [4.78, 5) is 10.7. The molecule has 0 saturated carbocycles. The van der Waals surface area contributed by atoms with Crippen molar-refractivity contribution in [3.05, 3.63) is 23.8 Å². The van der Waals surface area contributed by atoms with Crippen LogP contribution in [0, 0.1) is 0 Å². The van der Waals surface area contributed by atoms with E-state index in [0.717, 1.165) is 5.56 Å². The molecule has 0 aliphatic rings. The van der Waals surface area contributed by atoms with E-state index in [0.29, 0.717) is 11.5 Å². The lowest BCUT2D eigenvalue weighted by molar-refractivity contribution is 0.182. The first-order chi connectivity index (χ1) is 7.89. The second kappa shape index (κ2) is 4.95. The van der Waals surface area contributed by atoms with Crippen LogP contribution in [-0.2, 0) is 5.54 Å². The van der Waals surface area contributed by atoms with Gasteiger partial charge < -0.3 is 19.9 Å². The molecule has 0 saturated heterocycles. The van der Waals surface area contributed by atoms with Crippen molar-refractivity contribution in [2.24, 2.45) is 0 Å². The minimum Gasteiger partial charge on any atom is -0.497 e. The highest BCUT2D eigenvalue weighted by atomic mass is 16.5. The second-order valence-corrected chi connectivity index (χ2v) is 4.16. The summed E-state index contributed by atoms with van der Waals surface area (Å²) >= 11 is 0. The van der Waals surface area contributed by atoms with Crippen molar-refractivity contribution in [1.82, 2.24) is 5.32 Å². The number of ether oxygens (including phenoxy) is 2. The number of amides is 1. The predicted octanol–water partition coefficient (Wildman–Crippen LogP) is 2.21. The summed E-state index contributed by atoms with van der Waals surface area (Å²) in [6, 6.07) is 5.29. The lowest BCUT2D eigenvalue weighted by atomic mass is 9.94. The van der Waals surface area contributed by atoms with Crippen LogP contribution in [0.15, 0.2) is 18.2 Å². The van der Waals surface area contributed by atoms with Crippen LogP contribution in [0.2, 0.25) is 0 Å². The minimum absolute atomic E-state index is 0.625. The number of hydrogen-bond acceptors (Lipinski definition) is 3. The quantitative estimate of drug-likeness (QED) is 0.845. The Kier molecular flexibility index (Phi) is 3.83. The van der Waals surface area contributed by atoms with Gasteiger partial charge in [0.2, 0.25) is 0 Å². The molecule has 5 nitrogen and oxygen atoms in total. The largest absolute Gasteiger partial charge is 0.497 e. The zero-order valence-electron chi connectivity index (χ0n) is 10.4. The van der Waals surface area contributed by atoms with E-state index < -0.39 is 11.6 Å². The van der Waals surface area contributed by atoms with Crippen molar-refractivity contribution in [3.63, 3.8) is 0 Å². The van der Waals surface area contributed by atoms with Crippen LogP contribution in [0.1, 0.15) is 19.4 Å². The van der Waals surface area contributed by atoms with Crippen LogP contribution < -0.4 is 14.8 Å². The van der Waals surface area contributed by atoms with Crippen LogP contribution in [0.3, 0.4) is 0 Å². The smallest absolute Gasteiger partial charge is 0.405 e. The van der Waals surface area contributed by atoms with Gasteiger partial charge in [0.1, 0.15) is 11.5 Å². The monoisotopic (exact) mass is 239 g/mol. The Labute approximate surface area is 100 Å². The molecule has 0 bridgehead atoms. The van der Waals surface area contributed by atoms with Crippen molar-refractivity contribution in [3.8, 4) is 11.5 Å². The lowest BCUT2D eigenvalue weighted by Crippen LogP contribution is -2.40. The number of carbonyl (C=O) groups is 1. The summed E-state index contributed by atoms with van der Waals surface area (Å²) in [5.41, 5.74) is 0.0595. The first kappa shape index (κ1) is 13.2. The van der Waals surface area contributed by atoms with Gasteiger partial charge in [-0.25, -0.2) is 4.79 Å². The van der Waals surface area contributed by atoms with E-state index in [4.69, 9.17) is 14.6 Å². The highest BCUT2D eigenvalue weighted by Crippen LogP contribution is 2.29. The Morgan fingerprint density at radius 1 is 1.18 bits per heavy atom. The maximum Gasteiger partial charge on any atom is 0.405 e. The molecular weight excluding hydrogens is 222 g/mol. The van der Waals surface area contributed by atoms with Gasteiger partial charge in [-0.3, -0.25) is 0 Å². The Bertz CT molecular complexity index is 393. The van der Waals surface area contributed by atoms with E-state index in [-0.39, 0.29) is 0 Å². The zero-order valence-corrected chi connectivity index (χ0v) is 10.4. The summed E-state index contributed by atoms with van der Waals surface area (Å²) in [6.45, 7) is 3.55. The lowest BCUT2D eigenvalue weighted by Gasteiger charge is -2.26. The fourth-order valence-electron chi connectivity index (χ4n) is 1.51. The molecule has 0 aliphatic carbocycles. The van der Waals surface area contributed by atoms with Crippen molar-refractivity contribution in [2.75, 3.05) is 14.2 Å². The zero-order chi connectivity index (χ0) is 13.1. The molecule has 1 aromatic rings. The summed E-state index contributed by atoms with van der Waals surface area (Å²) in [5, 5.41) is 11.2. The first-order valence-electron chi connectivity index (χ1n) is 5.13. The third-order valence-electron chi connectivity index (χ3n) is 2.49. The van der Waals surface area contributed by atoms with E-state index >= 15 is 0 Å². The average Bonchev–Trinajstić information content (AvgIpc) is 2.26. The Balaban J connectivity index is 3.15. The molecule has 0 fully saturated rings. The van der Waals surface area contributed by atoms with Gasteiger partial charge in [-0.05, 0) is 31.5 Å². The number of methoxy groups -OCH3 is 2. The highest BCUT2D eigenvalue weighted by Gasteiger charge is 2.24. The van der Waals surface area contributed by atoms with E-state index in [1.54, 1.807) is 46.3 Å². The van der Waals surface area contributed by atoms with Crippen LogP contribution in [-0.4, -0.2) is 25.4 Å². The Morgan fingerprint density at radius 3 is 2.00 bits per heavy atom. The second-order valence-electron chi connectivity index (χ2n) is 4.16. The predicted molar refractivity (Wildman–Crippen MR) is 63.7 cm³/mol. The molecule has 0 heterocycles. The number of nitrogens with one attached hydrogen (secondary N) is 1. The summed E-state index contributed by atoms with van der Waals surface area (Å²) in [6.07, 6.45) is -1.07. The number of rotatable bonds is 4. The molecule has 0 atom stereocenters. The fraction of sp³-hybridized carbons (Fsp3) is 0.417. The molecule has 0 aliphatic heterocycles. The first-order valence-corrected chi connectivity index (χ1v) is 5.13. The summed E-state index contributed by atoms with van der Waals surface area (Å²) in [5.74, 6) is 1.25. The van der Waals surface area contributed by atoms with Crippen LogP contribution in [0.25, 0.3) is 0 Å². The van der Waals surface area contributed by atoms with Gasteiger partial charge >= 0.3 is 6.09 Å². The number of hydrogen-bond donors (Lipinski definition) is 2. The van der Waals surface area contributed by atoms with Gasteiger partial charge in [-0.2, -0.15) is 0 Å². The maximum atomic E-state index is 10.7. The van der Waals surface area contributed by atoms with Gasteiger partial charge in [0.15, 0.2) is 0 Å². The van der Waals surface area contributed by atoms with Crippen LogP contribution in [0.4, 0.5) is 4.79 Å². The molecule has 0 radical (unpaired) electrons. The topological polar surface area (TPSA) is 67.8 Å². The Hall–Kier alpha value is -1.91. The summed E-state index contributed by atoms with van der Waals surface area (Å²) in [7, 11) is 3.10. The molecule has 2 N–H and O–H groups in total. The highest BCUT2D eigenvalue weighted by molar-refractivity contribution is 5.66. The van der Waals surface area contributed by atoms with Crippen LogP contribution >= 0.6 is 0 Å². The normalized spacial score (nSPS) is 10.8. The van der Waals surface area contributed by atoms with Gasteiger partial charge in [0.05, 0.1) is 19.8 Å². The molecule has 1 aromatic carbocycles. The van der Waals surface area contributed by atoms with E-state index in [1.165, 1.54) is 0 Å². The molecule has 5 heteroatoms. The third-order valence-corrected chi connectivity index (χ3v) is 2.49. The van der Waals surface area contributed by atoms with Crippen molar-refractivity contribution < 1.29 is 19.4 Å². The van der Waals surface area contributed by atoms with Crippen LogP contribution in [0.5, 0.6) is 11.5 Å². The van der Waals surface area contributed by atoms with Gasteiger partial charge in [-0.1, -0.05) is 0 Å².